The lowest BCUT2D eigenvalue weighted by Crippen LogP contribution is -2.21. The second kappa shape index (κ2) is 7.34. The summed E-state index contributed by atoms with van der Waals surface area (Å²) in [6.07, 6.45) is 0. The number of nitrogens with zero attached hydrogens (tertiary/aromatic N) is 3. The van der Waals surface area contributed by atoms with Gasteiger partial charge in [0, 0.05) is 18.8 Å². The minimum absolute atomic E-state index is 0.203. The summed E-state index contributed by atoms with van der Waals surface area (Å²) in [6.45, 7) is 6.05. The van der Waals surface area contributed by atoms with E-state index in [0.717, 1.165) is 18.8 Å². The first-order chi connectivity index (χ1) is 10.9. The van der Waals surface area contributed by atoms with Crippen LogP contribution >= 0.6 is 0 Å². The van der Waals surface area contributed by atoms with Crippen molar-refractivity contribution in [2.45, 2.75) is 18.7 Å². The lowest BCUT2D eigenvalue weighted by atomic mass is 10.2. The summed E-state index contributed by atoms with van der Waals surface area (Å²) in [5.74, 6) is 0. The second-order valence-electron chi connectivity index (χ2n) is 4.86. The molecule has 0 bridgehead atoms. The fraction of sp³-hybridized carbons (Fsp3) is 0.250. The van der Waals surface area contributed by atoms with Crippen molar-refractivity contribution in [1.82, 2.24) is 0 Å². The molecule has 6 nitrogen and oxygen atoms in total. The van der Waals surface area contributed by atoms with Crippen molar-refractivity contribution in [3.8, 4) is 0 Å². The van der Waals surface area contributed by atoms with E-state index >= 15 is 0 Å². The zero-order chi connectivity index (χ0) is 16.9. The quantitative estimate of drug-likeness (QED) is 0.634. The van der Waals surface area contributed by atoms with Crippen molar-refractivity contribution >= 4 is 27.2 Å². The average Bonchev–Trinajstić information content (AvgIpc) is 2.55. The molecule has 0 unspecified atom stereocenters. The summed E-state index contributed by atoms with van der Waals surface area (Å²) in [6, 6.07) is 13.3. The lowest BCUT2D eigenvalue weighted by Gasteiger charge is -2.20. The number of hydrogen-bond donors (Lipinski definition) is 1. The fourth-order valence-corrected chi connectivity index (χ4v) is 2.66. The Hall–Kier alpha value is -2.25. The van der Waals surface area contributed by atoms with Crippen molar-refractivity contribution in [1.29, 1.82) is 0 Å². The summed E-state index contributed by atoms with van der Waals surface area (Å²) in [4.78, 5) is 2.02. The summed E-state index contributed by atoms with van der Waals surface area (Å²) in [7, 11) is -4.24. The Balaban J connectivity index is 2.17. The molecule has 0 spiro atoms. The fourth-order valence-electron chi connectivity index (χ4n) is 2.14. The van der Waals surface area contributed by atoms with Crippen LogP contribution in [0.25, 0.3) is 0 Å². The van der Waals surface area contributed by atoms with Crippen LogP contribution < -0.4 is 4.90 Å². The van der Waals surface area contributed by atoms with Crippen LogP contribution in [-0.4, -0.2) is 26.1 Å². The molecule has 2 aromatic rings. The number of hydrogen-bond acceptors (Lipinski definition) is 5. The van der Waals surface area contributed by atoms with Crippen molar-refractivity contribution in [2.24, 2.45) is 10.2 Å². The highest BCUT2D eigenvalue weighted by Crippen LogP contribution is 2.23. The molecular weight excluding hydrogens is 314 g/mol. The molecule has 0 aliphatic heterocycles. The van der Waals surface area contributed by atoms with E-state index < -0.39 is 10.1 Å². The largest absolute Gasteiger partial charge is 0.372 e. The van der Waals surface area contributed by atoms with Gasteiger partial charge < -0.3 is 4.90 Å². The van der Waals surface area contributed by atoms with E-state index in [1.807, 2.05) is 24.3 Å². The van der Waals surface area contributed by atoms with Crippen LogP contribution in [0.1, 0.15) is 13.8 Å². The zero-order valence-corrected chi connectivity index (χ0v) is 13.9. The van der Waals surface area contributed by atoms with Gasteiger partial charge in [-0.15, -0.1) is 0 Å². The van der Waals surface area contributed by atoms with Crippen molar-refractivity contribution in [3.05, 3.63) is 48.5 Å². The van der Waals surface area contributed by atoms with Gasteiger partial charge in [-0.1, -0.05) is 6.07 Å². The van der Waals surface area contributed by atoms with E-state index in [4.69, 9.17) is 4.55 Å². The van der Waals surface area contributed by atoms with Gasteiger partial charge in [-0.25, -0.2) is 0 Å². The monoisotopic (exact) mass is 333 g/mol. The summed E-state index contributed by atoms with van der Waals surface area (Å²) in [5, 5.41) is 8.08. The van der Waals surface area contributed by atoms with Crippen LogP contribution in [0.3, 0.4) is 0 Å². The SMILES string of the molecule is CCN(CC)c1ccc(/N=N/c2cccc(S(=O)(=O)O)c2)cc1. The highest BCUT2D eigenvalue weighted by atomic mass is 32.2. The molecule has 23 heavy (non-hydrogen) atoms. The molecule has 0 aliphatic rings. The molecule has 0 aliphatic carbocycles. The third-order valence-corrected chi connectivity index (χ3v) is 4.22. The molecule has 0 fully saturated rings. The first kappa shape index (κ1) is 17.1. The lowest BCUT2D eigenvalue weighted by molar-refractivity contribution is 0.483. The summed E-state index contributed by atoms with van der Waals surface area (Å²) >= 11 is 0. The molecule has 0 aromatic heterocycles. The maximum Gasteiger partial charge on any atom is 0.294 e. The second-order valence-corrected chi connectivity index (χ2v) is 6.28. The van der Waals surface area contributed by atoms with Crippen LogP contribution in [0.4, 0.5) is 17.1 Å². The average molecular weight is 333 g/mol. The number of anilines is 1. The molecule has 0 radical (unpaired) electrons. The Morgan fingerprint density at radius 1 is 0.957 bits per heavy atom. The van der Waals surface area contributed by atoms with E-state index in [0.29, 0.717) is 11.4 Å². The number of benzene rings is 2. The van der Waals surface area contributed by atoms with Crippen LogP contribution in [0, 0.1) is 0 Å². The first-order valence-corrected chi connectivity index (χ1v) is 8.72. The third kappa shape index (κ3) is 4.61. The highest BCUT2D eigenvalue weighted by molar-refractivity contribution is 7.85. The van der Waals surface area contributed by atoms with Gasteiger partial charge in [0.05, 0.1) is 16.3 Å². The van der Waals surface area contributed by atoms with Gasteiger partial charge in [-0.2, -0.15) is 18.6 Å². The summed E-state index contributed by atoms with van der Waals surface area (Å²) in [5.41, 5.74) is 2.13. The molecule has 0 saturated heterocycles. The minimum Gasteiger partial charge on any atom is -0.372 e. The maximum atomic E-state index is 11.1. The topological polar surface area (TPSA) is 82.3 Å². The Morgan fingerprint density at radius 3 is 2.13 bits per heavy atom. The highest BCUT2D eigenvalue weighted by Gasteiger charge is 2.09. The van der Waals surface area contributed by atoms with Crippen LogP contribution in [0.2, 0.25) is 0 Å². The Kier molecular flexibility index (Phi) is 5.46. The van der Waals surface area contributed by atoms with E-state index in [-0.39, 0.29) is 4.90 Å². The van der Waals surface area contributed by atoms with Gasteiger partial charge >= 0.3 is 0 Å². The van der Waals surface area contributed by atoms with Gasteiger partial charge in [-0.05, 0) is 56.3 Å². The van der Waals surface area contributed by atoms with Gasteiger partial charge in [0.2, 0.25) is 0 Å². The van der Waals surface area contributed by atoms with E-state index in [2.05, 4.69) is 29.0 Å². The normalized spacial score (nSPS) is 11.8. The molecule has 2 rings (SSSR count). The van der Waals surface area contributed by atoms with Crippen molar-refractivity contribution < 1.29 is 13.0 Å². The van der Waals surface area contributed by atoms with E-state index in [9.17, 15) is 8.42 Å². The van der Waals surface area contributed by atoms with Gasteiger partial charge in [-0.3, -0.25) is 4.55 Å². The van der Waals surface area contributed by atoms with Gasteiger partial charge in [0.1, 0.15) is 0 Å². The Morgan fingerprint density at radius 2 is 1.57 bits per heavy atom. The molecule has 2 aromatic carbocycles. The first-order valence-electron chi connectivity index (χ1n) is 7.28. The molecule has 7 heteroatoms. The van der Waals surface area contributed by atoms with Crippen LogP contribution in [-0.2, 0) is 10.1 Å². The summed E-state index contributed by atoms with van der Waals surface area (Å²) < 4.78 is 31.2. The molecule has 0 saturated carbocycles. The van der Waals surface area contributed by atoms with Gasteiger partial charge in [0.15, 0.2) is 0 Å². The molecule has 0 amide bonds. The van der Waals surface area contributed by atoms with Gasteiger partial charge in [0.25, 0.3) is 10.1 Å². The van der Waals surface area contributed by atoms with E-state index in [1.54, 1.807) is 6.07 Å². The van der Waals surface area contributed by atoms with Crippen molar-refractivity contribution in [3.63, 3.8) is 0 Å². The molecule has 0 atom stereocenters. The molecule has 122 valence electrons. The molecular formula is C16H19N3O3S. The molecule has 0 heterocycles. The maximum absolute atomic E-state index is 11.1. The number of azo groups is 1. The standard InChI is InChI=1S/C16H19N3O3S/c1-3-19(4-2)15-10-8-13(9-11-15)17-18-14-6-5-7-16(12-14)23(20,21)22/h5-12H,3-4H2,1-2H3,(H,20,21,22)/b18-17+. The van der Waals surface area contributed by atoms with Crippen LogP contribution in [0.15, 0.2) is 63.7 Å². The molecule has 1 N–H and O–H groups in total. The third-order valence-electron chi connectivity index (χ3n) is 3.37. The minimum atomic E-state index is -4.24. The smallest absolute Gasteiger partial charge is 0.294 e. The zero-order valence-electron chi connectivity index (χ0n) is 13.0. The van der Waals surface area contributed by atoms with E-state index in [1.165, 1.54) is 18.2 Å². The Bertz CT molecular complexity index is 782. The predicted octanol–water partition coefficient (Wildman–Crippen LogP) is 4.19. The van der Waals surface area contributed by atoms with Crippen LogP contribution in [0.5, 0.6) is 0 Å². The predicted molar refractivity (Wildman–Crippen MR) is 90.4 cm³/mol. The van der Waals surface area contributed by atoms with Crippen molar-refractivity contribution in [2.75, 3.05) is 18.0 Å². The number of rotatable bonds is 6. The Labute approximate surface area is 136 Å².